The van der Waals surface area contributed by atoms with E-state index in [-0.39, 0.29) is 18.1 Å². The molecule has 1 aromatic heterocycles. The highest BCUT2D eigenvalue weighted by Gasteiger charge is 2.10. The quantitative estimate of drug-likeness (QED) is 0.632. The molecule has 8 heteroatoms. The van der Waals surface area contributed by atoms with E-state index in [0.29, 0.717) is 22.2 Å². The van der Waals surface area contributed by atoms with Crippen molar-refractivity contribution in [2.24, 2.45) is 0 Å². The predicted octanol–water partition coefficient (Wildman–Crippen LogP) is 4.11. The Balaban J connectivity index is 1.51. The molecule has 0 saturated carbocycles. The van der Waals surface area contributed by atoms with E-state index in [4.69, 9.17) is 0 Å². The molecule has 0 spiro atoms. The zero-order chi connectivity index (χ0) is 18.4. The number of hydrogen-bond acceptors (Lipinski definition) is 4. The molecule has 0 atom stereocenters. The van der Waals surface area contributed by atoms with E-state index in [1.807, 2.05) is 18.2 Å². The van der Waals surface area contributed by atoms with Gasteiger partial charge in [0.25, 0.3) is 0 Å². The van der Waals surface area contributed by atoms with Gasteiger partial charge in [0.05, 0.1) is 12.1 Å². The Morgan fingerprint density at radius 1 is 0.923 bits per heavy atom. The lowest BCUT2D eigenvalue weighted by Gasteiger charge is -2.05. The standard InChI is InChI=1S/C18H15FN4O2S/c19-12-6-8-14(9-7-12)21-17(25)23-18-22-15(11-26-18)10-16(24)20-13-4-2-1-3-5-13/h1-9,11H,10H2,(H,20,24)(H2,21,22,23,25). The maximum absolute atomic E-state index is 12.8. The Morgan fingerprint density at radius 2 is 1.62 bits per heavy atom. The number of hydrogen-bond donors (Lipinski definition) is 3. The highest BCUT2D eigenvalue weighted by Crippen LogP contribution is 2.17. The van der Waals surface area contributed by atoms with Crippen molar-refractivity contribution in [3.05, 3.63) is 71.5 Å². The van der Waals surface area contributed by atoms with Gasteiger partial charge in [-0.25, -0.2) is 14.2 Å². The minimum absolute atomic E-state index is 0.104. The molecular weight excluding hydrogens is 355 g/mol. The van der Waals surface area contributed by atoms with Crippen molar-refractivity contribution < 1.29 is 14.0 Å². The molecule has 0 aliphatic rings. The van der Waals surface area contributed by atoms with Crippen LogP contribution in [0.5, 0.6) is 0 Å². The van der Waals surface area contributed by atoms with Gasteiger partial charge in [0.1, 0.15) is 5.82 Å². The molecule has 132 valence electrons. The molecule has 6 nitrogen and oxygen atoms in total. The summed E-state index contributed by atoms with van der Waals surface area (Å²) >= 11 is 1.22. The average Bonchev–Trinajstić information content (AvgIpc) is 3.04. The molecule has 2 aromatic carbocycles. The summed E-state index contributed by atoms with van der Waals surface area (Å²) in [7, 11) is 0. The van der Waals surface area contributed by atoms with Gasteiger partial charge in [-0.2, -0.15) is 0 Å². The van der Waals surface area contributed by atoms with Crippen molar-refractivity contribution in [2.75, 3.05) is 16.0 Å². The number of nitrogens with one attached hydrogen (secondary N) is 3. The van der Waals surface area contributed by atoms with Crippen LogP contribution < -0.4 is 16.0 Å². The Labute approximate surface area is 153 Å². The van der Waals surface area contributed by atoms with Crippen LogP contribution in [0.1, 0.15) is 5.69 Å². The zero-order valence-corrected chi connectivity index (χ0v) is 14.3. The third-order valence-electron chi connectivity index (χ3n) is 3.27. The van der Waals surface area contributed by atoms with Crippen LogP contribution in [0.3, 0.4) is 0 Å². The molecule has 1 heterocycles. The highest BCUT2D eigenvalue weighted by atomic mass is 32.1. The molecule has 0 bridgehead atoms. The van der Waals surface area contributed by atoms with Crippen LogP contribution >= 0.6 is 11.3 Å². The van der Waals surface area contributed by atoms with Crippen LogP contribution in [0, 0.1) is 5.82 Å². The molecule has 0 unspecified atom stereocenters. The topological polar surface area (TPSA) is 83.1 Å². The second-order valence-corrected chi connectivity index (χ2v) is 6.18. The van der Waals surface area contributed by atoms with E-state index < -0.39 is 6.03 Å². The first-order chi connectivity index (χ1) is 12.6. The Hall–Kier alpha value is -3.26. The molecule has 3 aromatic rings. The summed E-state index contributed by atoms with van der Waals surface area (Å²) in [6, 6.07) is 14.0. The molecule has 0 aliphatic carbocycles. The summed E-state index contributed by atoms with van der Waals surface area (Å²) in [5.41, 5.74) is 1.73. The first-order valence-corrected chi connectivity index (χ1v) is 8.59. The fourth-order valence-electron chi connectivity index (χ4n) is 2.13. The van der Waals surface area contributed by atoms with Crippen LogP contribution in [0.15, 0.2) is 60.0 Å². The highest BCUT2D eigenvalue weighted by molar-refractivity contribution is 7.14. The molecular formula is C18H15FN4O2S. The zero-order valence-electron chi connectivity index (χ0n) is 13.5. The van der Waals surface area contributed by atoms with Crippen LogP contribution in [0.4, 0.5) is 25.7 Å². The number of anilines is 3. The molecule has 0 fully saturated rings. The van der Waals surface area contributed by atoms with E-state index in [1.54, 1.807) is 17.5 Å². The van der Waals surface area contributed by atoms with Gasteiger partial charge >= 0.3 is 6.03 Å². The van der Waals surface area contributed by atoms with Crippen molar-refractivity contribution >= 4 is 39.8 Å². The summed E-state index contributed by atoms with van der Waals surface area (Å²) < 4.78 is 12.8. The van der Waals surface area contributed by atoms with Gasteiger partial charge in [0.15, 0.2) is 5.13 Å². The van der Waals surface area contributed by atoms with E-state index in [1.165, 1.54) is 35.6 Å². The van der Waals surface area contributed by atoms with Gasteiger partial charge in [-0.1, -0.05) is 18.2 Å². The third kappa shape index (κ3) is 5.12. The normalized spacial score (nSPS) is 10.2. The maximum Gasteiger partial charge on any atom is 0.325 e. The van der Waals surface area contributed by atoms with Crippen molar-refractivity contribution in [3.63, 3.8) is 0 Å². The van der Waals surface area contributed by atoms with E-state index in [0.717, 1.165) is 0 Å². The van der Waals surface area contributed by atoms with Gasteiger partial charge in [0, 0.05) is 16.8 Å². The number of urea groups is 1. The number of rotatable bonds is 5. The number of amides is 3. The van der Waals surface area contributed by atoms with Crippen molar-refractivity contribution in [2.45, 2.75) is 6.42 Å². The van der Waals surface area contributed by atoms with Gasteiger partial charge < -0.3 is 10.6 Å². The Kier molecular flexibility index (Phi) is 5.55. The average molecular weight is 370 g/mol. The lowest BCUT2D eigenvalue weighted by atomic mass is 10.3. The largest absolute Gasteiger partial charge is 0.326 e. The second-order valence-electron chi connectivity index (χ2n) is 5.32. The number of carbonyl (C=O) groups is 2. The lowest BCUT2D eigenvalue weighted by Crippen LogP contribution is -2.19. The third-order valence-corrected chi connectivity index (χ3v) is 4.08. The number of thiazole rings is 1. The monoisotopic (exact) mass is 370 g/mol. The Morgan fingerprint density at radius 3 is 2.35 bits per heavy atom. The van der Waals surface area contributed by atoms with Crippen LogP contribution in [-0.2, 0) is 11.2 Å². The first kappa shape index (κ1) is 17.6. The molecule has 26 heavy (non-hydrogen) atoms. The summed E-state index contributed by atoms with van der Waals surface area (Å²) in [6.45, 7) is 0. The van der Waals surface area contributed by atoms with Gasteiger partial charge in [0.2, 0.25) is 5.91 Å². The summed E-state index contributed by atoms with van der Waals surface area (Å²) in [4.78, 5) is 28.1. The van der Waals surface area contributed by atoms with Gasteiger partial charge in [-0.05, 0) is 36.4 Å². The Bertz CT molecular complexity index is 897. The van der Waals surface area contributed by atoms with Crippen molar-refractivity contribution in [1.82, 2.24) is 4.98 Å². The summed E-state index contributed by atoms with van der Waals surface area (Å²) in [5, 5.41) is 10.00. The van der Waals surface area contributed by atoms with Crippen LogP contribution in [-0.4, -0.2) is 16.9 Å². The number of aromatic nitrogens is 1. The smallest absolute Gasteiger partial charge is 0.325 e. The minimum atomic E-state index is -0.494. The van der Waals surface area contributed by atoms with E-state index in [2.05, 4.69) is 20.9 Å². The SMILES string of the molecule is O=C(Cc1csc(NC(=O)Nc2ccc(F)cc2)n1)Nc1ccccc1. The van der Waals surface area contributed by atoms with Gasteiger partial charge in [-0.3, -0.25) is 10.1 Å². The number of benzene rings is 2. The number of carbonyl (C=O) groups excluding carboxylic acids is 2. The summed E-state index contributed by atoms with van der Waals surface area (Å²) in [5.74, 6) is -0.571. The maximum atomic E-state index is 12.8. The minimum Gasteiger partial charge on any atom is -0.326 e. The number of halogens is 1. The van der Waals surface area contributed by atoms with Gasteiger partial charge in [-0.15, -0.1) is 11.3 Å². The fraction of sp³-hybridized carbons (Fsp3) is 0.0556. The van der Waals surface area contributed by atoms with Crippen molar-refractivity contribution in [3.8, 4) is 0 Å². The molecule has 0 saturated heterocycles. The molecule has 3 amide bonds. The second kappa shape index (κ2) is 8.21. The first-order valence-electron chi connectivity index (χ1n) is 7.71. The molecule has 0 radical (unpaired) electrons. The predicted molar refractivity (Wildman–Crippen MR) is 99.9 cm³/mol. The van der Waals surface area contributed by atoms with E-state index in [9.17, 15) is 14.0 Å². The van der Waals surface area contributed by atoms with E-state index >= 15 is 0 Å². The number of para-hydroxylation sites is 1. The van der Waals surface area contributed by atoms with Crippen molar-refractivity contribution in [1.29, 1.82) is 0 Å². The number of nitrogens with zero attached hydrogens (tertiary/aromatic N) is 1. The van der Waals surface area contributed by atoms with Crippen LogP contribution in [0.2, 0.25) is 0 Å². The fourth-order valence-corrected chi connectivity index (χ4v) is 2.83. The molecule has 3 N–H and O–H groups in total. The molecule has 3 rings (SSSR count). The van der Waals surface area contributed by atoms with Crippen LogP contribution in [0.25, 0.3) is 0 Å². The summed E-state index contributed by atoms with van der Waals surface area (Å²) in [6.07, 6.45) is 0.104. The lowest BCUT2D eigenvalue weighted by molar-refractivity contribution is -0.115. The molecule has 0 aliphatic heterocycles.